The van der Waals surface area contributed by atoms with E-state index < -0.39 is 12.2 Å². The SMILES string of the molecule is N#Cc1c(N)sc2c1C1(CC2)CN(c2nc(OCC3(CN4CCOCC4)CC3)nc(O[C@@H]3COC[C@@H]3O)n2)C1. The molecule has 1 spiro atoms. The van der Waals surface area contributed by atoms with Crippen LogP contribution in [-0.4, -0.2) is 103 Å². The Balaban J connectivity index is 1.09. The molecule has 0 aromatic carbocycles. The van der Waals surface area contributed by atoms with Crippen LogP contribution in [0, 0.1) is 16.7 Å². The second kappa shape index (κ2) is 9.71. The molecule has 3 saturated heterocycles. The number of hydrogen-bond donors (Lipinski definition) is 2. The van der Waals surface area contributed by atoms with Crippen LogP contribution in [0.2, 0.25) is 0 Å². The number of nitrogen functional groups attached to an aromatic ring is 1. The Hall–Kier alpha value is -2.76. The largest absolute Gasteiger partial charge is 0.463 e. The topological polar surface area (TPSA) is 152 Å². The fraction of sp³-hybridized carbons (Fsp3) is 0.692. The summed E-state index contributed by atoms with van der Waals surface area (Å²) < 4.78 is 23.0. The van der Waals surface area contributed by atoms with Gasteiger partial charge in [0.2, 0.25) is 5.95 Å². The van der Waals surface area contributed by atoms with E-state index in [0.717, 1.165) is 64.1 Å². The summed E-state index contributed by atoms with van der Waals surface area (Å²) >= 11 is 1.54. The van der Waals surface area contributed by atoms with Gasteiger partial charge in [0.05, 0.1) is 38.6 Å². The van der Waals surface area contributed by atoms with Gasteiger partial charge in [0.1, 0.15) is 17.2 Å². The Morgan fingerprint density at radius 1 is 1.10 bits per heavy atom. The molecule has 39 heavy (non-hydrogen) atoms. The monoisotopic (exact) mass is 555 g/mol. The first kappa shape index (κ1) is 25.2. The zero-order valence-corrected chi connectivity index (χ0v) is 22.6. The number of nitrogens with zero attached hydrogens (tertiary/aromatic N) is 6. The van der Waals surface area contributed by atoms with E-state index in [1.807, 2.05) is 0 Å². The first-order valence-corrected chi connectivity index (χ1v) is 14.5. The van der Waals surface area contributed by atoms with E-state index in [4.69, 9.17) is 24.7 Å². The van der Waals surface area contributed by atoms with Crippen LogP contribution in [0.5, 0.6) is 12.0 Å². The number of aromatic nitrogens is 3. The summed E-state index contributed by atoms with van der Waals surface area (Å²) in [4.78, 5) is 19.5. The first-order valence-electron chi connectivity index (χ1n) is 13.6. The molecule has 4 fully saturated rings. The number of ether oxygens (including phenoxy) is 4. The van der Waals surface area contributed by atoms with E-state index >= 15 is 0 Å². The molecule has 0 radical (unpaired) electrons. The quantitative estimate of drug-likeness (QED) is 0.472. The van der Waals surface area contributed by atoms with Crippen LogP contribution in [0.15, 0.2) is 0 Å². The van der Waals surface area contributed by atoms with Gasteiger partial charge in [0.15, 0.2) is 6.10 Å². The lowest BCUT2D eigenvalue weighted by Crippen LogP contribution is -2.59. The van der Waals surface area contributed by atoms with Crippen molar-refractivity contribution in [1.29, 1.82) is 5.26 Å². The number of nitrogens with two attached hydrogens (primary N) is 1. The fourth-order valence-corrected chi connectivity index (χ4v) is 7.44. The maximum atomic E-state index is 10.2. The Labute approximate surface area is 230 Å². The van der Waals surface area contributed by atoms with E-state index in [0.29, 0.717) is 36.2 Å². The lowest BCUT2D eigenvalue weighted by atomic mass is 9.74. The lowest BCUT2D eigenvalue weighted by molar-refractivity contribution is 0.0229. The number of morpholine rings is 1. The highest BCUT2D eigenvalue weighted by atomic mass is 32.1. The van der Waals surface area contributed by atoms with Gasteiger partial charge < -0.3 is 34.7 Å². The van der Waals surface area contributed by atoms with Gasteiger partial charge in [-0.05, 0) is 31.2 Å². The summed E-state index contributed by atoms with van der Waals surface area (Å²) in [6.45, 7) is 6.81. The number of rotatable bonds is 8. The molecule has 12 nitrogen and oxygen atoms in total. The maximum absolute atomic E-state index is 10.2. The molecular formula is C26H33N7O5S. The predicted octanol–water partition coefficient (Wildman–Crippen LogP) is 0.721. The third kappa shape index (κ3) is 4.68. The summed E-state index contributed by atoms with van der Waals surface area (Å²) in [6.07, 6.45) is 2.85. The zero-order valence-electron chi connectivity index (χ0n) is 21.8. The van der Waals surface area contributed by atoms with Crippen molar-refractivity contribution < 1.29 is 24.1 Å². The normalized spacial score (nSPS) is 26.7. The second-order valence-electron chi connectivity index (χ2n) is 11.5. The average molecular weight is 556 g/mol. The number of aliphatic hydroxyl groups excluding tert-OH is 1. The van der Waals surface area contributed by atoms with Crippen molar-refractivity contribution in [3.05, 3.63) is 16.0 Å². The molecule has 2 aromatic rings. The van der Waals surface area contributed by atoms with E-state index in [2.05, 4.69) is 30.8 Å². The van der Waals surface area contributed by atoms with Crippen LogP contribution in [0.3, 0.4) is 0 Å². The summed E-state index contributed by atoms with van der Waals surface area (Å²) in [5, 5.41) is 20.5. The molecule has 3 aliphatic heterocycles. The molecule has 2 aliphatic carbocycles. The number of aliphatic hydroxyl groups is 1. The highest BCUT2D eigenvalue weighted by Crippen LogP contribution is 2.52. The van der Waals surface area contributed by atoms with Crippen molar-refractivity contribution in [3.63, 3.8) is 0 Å². The van der Waals surface area contributed by atoms with Gasteiger partial charge in [0.25, 0.3) is 0 Å². The van der Waals surface area contributed by atoms with Gasteiger partial charge in [-0.3, -0.25) is 4.90 Å². The van der Waals surface area contributed by atoms with Crippen LogP contribution < -0.4 is 20.1 Å². The minimum atomic E-state index is -0.740. The molecule has 0 bridgehead atoms. The Morgan fingerprint density at radius 2 is 1.90 bits per heavy atom. The molecule has 1 saturated carbocycles. The minimum absolute atomic E-state index is 0.105. The van der Waals surface area contributed by atoms with Crippen LogP contribution >= 0.6 is 11.3 Å². The van der Waals surface area contributed by atoms with Crippen molar-refractivity contribution in [1.82, 2.24) is 19.9 Å². The molecule has 0 unspecified atom stereocenters. The van der Waals surface area contributed by atoms with Gasteiger partial charge in [-0.15, -0.1) is 16.3 Å². The molecule has 2 aromatic heterocycles. The molecule has 208 valence electrons. The number of nitriles is 1. The summed E-state index contributed by atoms with van der Waals surface area (Å²) in [5.41, 5.74) is 7.87. The fourth-order valence-electron chi connectivity index (χ4n) is 6.30. The Morgan fingerprint density at radius 3 is 2.62 bits per heavy atom. The molecule has 7 rings (SSSR count). The molecule has 5 aliphatic rings. The van der Waals surface area contributed by atoms with Crippen molar-refractivity contribution in [2.24, 2.45) is 5.41 Å². The molecular weight excluding hydrogens is 522 g/mol. The molecule has 5 heterocycles. The van der Waals surface area contributed by atoms with Crippen molar-refractivity contribution >= 4 is 22.3 Å². The van der Waals surface area contributed by atoms with Crippen LogP contribution in [0.1, 0.15) is 35.3 Å². The highest BCUT2D eigenvalue weighted by Gasteiger charge is 2.52. The van der Waals surface area contributed by atoms with Gasteiger partial charge in [-0.25, -0.2) is 0 Å². The highest BCUT2D eigenvalue weighted by molar-refractivity contribution is 7.16. The van der Waals surface area contributed by atoms with Crippen LogP contribution in [0.4, 0.5) is 10.9 Å². The second-order valence-corrected chi connectivity index (χ2v) is 12.7. The molecule has 13 heteroatoms. The van der Waals surface area contributed by atoms with E-state index in [1.165, 1.54) is 16.2 Å². The summed E-state index contributed by atoms with van der Waals surface area (Å²) in [6, 6.07) is 2.66. The predicted molar refractivity (Wildman–Crippen MR) is 141 cm³/mol. The zero-order chi connectivity index (χ0) is 26.6. The van der Waals surface area contributed by atoms with Crippen LogP contribution in [0.25, 0.3) is 0 Å². The van der Waals surface area contributed by atoms with Gasteiger partial charge in [0, 0.05) is 48.4 Å². The minimum Gasteiger partial charge on any atom is -0.463 e. The smallest absolute Gasteiger partial charge is 0.324 e. The number of anilines is 2. The lowest BCUT2D eigenvalue weighted by Gasteiger charge is -2.48. The van der Waals surface area contributed by atoms with E-state index in [1.54, 1.807) is 0 Å². The van der Waals surface area contributed by atoms with E-state index in [-0.39, 0.29) is 36.1 Å². The first-order chi connectivity index (χ1) is 19.0. The summed E-state index contributed by atoms with van der Waals surface area (Å²) in [5.74, 6) is 0.474. The molecule has 2 atom stereocenters. The standard InChI is InChI=1S/C26H33N7O5S/c27-9-16-20-19(39-21(16)28)1-2-26(20)13-33(14-26)22-29-23(31-24(30-22)38-18-11-36-10-17(18)34)37-15-25(3-4-25)12-32-5-7-35-8-6-32/h17-18,34H,1-8,10-15,28H2/t17-,18+/m0/s1. The van der Waals surface area contributed by atoms with Gasteiger partial charge in [-0.1, -0.05) is 0 Å². The van der Waals surface area contributed by atoms with Crippen molar-refractivity contribution in [3.8, 4) is 18.1 Å². The molecule has 3 N–H and O–H groups in total. The Bertz CT molecular complexity index is 1280. The number of aryl methyl sites for hydroxylation is 1. The van der Waals surface area contributed by atoms with E-state index in [9.17, 15) is 10.4 Å². The third-order valence-electron chi connectivity index (χ3n) is 8.72. The van der Waals surface area contributed by atoms with Gasteiger partial charge >= 0.3 is 12.0 Å². The maximum Gasteiger partial charge on any atom is 0.324 e. The Kier molecular flexibility index (Phi) is 6.28. The molecule has 0 amide bonds. The van der Waals surface area contributed by atoms with Crippen LogP contribution in [-0.2, 0) is 21.3 Å². The van der Waals surface area contributed by atoms with Gasteiger partial charge in [-0.2, -0.15) is 15.2 Å². The third-order valence-corrected chi connectivity index (χ3v) is 9.80. The summed E-state index contributed by atoms with van der Waals surface area (Å²) in [7, 11) is 0. The number of fused-ring (bicyclic) bond motifs is 2. The average Bonchev–Trinajstić information content (AvgIpc) is 3.21. The number of thiophene rings is 1. The van der Waals surface area contributed by atoms with Crippen molar-refractivity contribution in [2.75, 3.05) is 76.4 Å². The number of hydrogen-bond acceptors (Lipinski definition) is 13. The van der Waals surface area contributed by atoms with Crippen molar-refractivity contribution in [2.45, 2.75) is 43.3 Å².